The number of pyridine rings is 1. The molecule has 0 N–H and O–H groups in total. The molecular weight excluding hydrogens is 302 g/mol. The number of nitrogens with zero attached hydrogens (tertiary/aromatic N) is 3. The number of aromatic nitrogens is 1. The molecule has 5 heteroatoms. The normalized spacial score (nSPS) is 12.6. The third-order valence-electron chi connectivity index (χ3n) is 3.37. The molecule has 0 bridgehead atoms. The zero-order valence-corrected chi connectivity index (χ0v) is 13.9. The van der Waals surface area contributed by atoms with E-state index in [2.05, 4.69) is 59.2 Å². The SMILES string of the molecule is CN(C)CCCN1c2ccccc2Sc2cccnc21.[Cl-].[H+]. The van der Waals surface area contributed by atoms with Crippen LogP contribution in [0.25, 0.3) is 0 Å². The summed E-state index contributed by atoms with van der Waals surface area (Å²) in [5.74, 6) is 1.09. The monoisotopic (exact) mass is 321 g/mol. The first kappa shape index (κ1) is 16.1. The van der Waals surface area contributed by atoms with Crippen LogP contribution in [0.1, 0.15) is 7.85 Å². The molecule has 2 aromatic rings. The maximum absolute atomic E-state index is 4.59. The van der Waals surface area contributed by atoms with Crippen LogP contribution < -0.4 is 17.3 Å². The highest BCUT2D eigenvalue weighted by Crippen LogP contribution is 2.46. The maximum atomic E-state index is 4.59. The van der Waals surface area contributed by atoms with Crippen molar-refractivity contribution in [3.8, 4) is 0 Å². The van der Waals surface area contributed by atoms with Gasteiger partial charge in [0.15, 0.2) is 0 Å². The largest absolute Gasteiger partial charge is 1.00 e. The fourth-order valence-electron chi connectivity index (χ4n) is 2.44. The number of anilines is 2. The van der Waals surface area contributed by atoms with Crippen LogP contribution in [-0.4, -0.2) is 37.1 Å². The number of halogens is 1. The summed E-state index contributed by atoms with van der Waals surface area (Å²) < 4.78 is 0. The highest BCUT2D eigenvalue weighted by molar-refractivity contribution is 7.99. The molecule has 1 aliphatic rings. The molecule has 112 valence electrons. The molecule has 0 atom stereocenters. The average molecular weight is 322 g/mol. The zero-order valence-electron chi connectivity index (χ0n) is 13.3. The van der Waals surface area contributed by atoms with Gasteiger partial charge in [-0.15, -0.1) is 0 Å². The summed E-state index contributed by atoms with van der Waals surface area (Å²) in [6, 6.07) is 12.8. The highest BCUT2D eigenvalue weighted by atomic mass is 35.5. The molecule has 0 radical (unpaired) electrons. The van der Waals surface area contributed by atoms with Crippen molar-refractivity contribution in [3.63, 3.8) is 0 Å². The second kappa shape index (κ2) is 7.16. The first-order valence-electron chi connectivity index (χ1n) is 6.90. The summed E-state index contributed by atoms with van der Waals surface area (Å²) in [6.45, 7) is 2.09. The van der Waals surface area contributed by atoms with Gasteiger partial charge < -0.3 is 22.2 Å². The van der Waals surface area contributed by atoms with E-state index in [1.54, 1.807) is 0 Å². The molecule has 2 heterocycles. The minimum atomic E-state index is 0. The molecule has 0 fully saturated rings. The Morgan fingerprint density at radius 2 is 1.90 bits per heavy atom. The van der Waals surface area contributed by atoms with Gasteiger partial charge in [-0.05, 0) is 51.3 Å². The topological polar surface area (TPSA) is 19.4 Å². The molecule has 21 heavy (non-hydrogen) atoms. The standard InChI is InChI=1S/C16H19N3S.ClH/c1-18(2)11-6-12-19-13-7-3-4-8-14(13)20-15-9-5-10-17-16(15)19;/h3-5,7-10H,6,11-12H2,1-2H3;1H. The summed E-state index contributed by atoms with van der Waals surface area (Å²) in [6.07, 6.45) is 3.01. The Balaban J connectivity index is 0.00000121. The Labute approximate surface area is 138 Å². The van der Waals surface area contributed by atoms with Gasteiger partial charge in [-0.2, -0.15) is 0 Å². The molecule has 0 aliphatic carbocycles. The number of benzene rings is 1. The van der Waals surface area contributed by atoms with Gasteiger partial charge in [0.2, 0.25) is 0 Å². The van der Waals surface area contributed by atoms with Crippen LogP contribution >= 0.6 is 11.8 Å². The fourth-order valence-corrected chi connectivity index (χ4v) is 3.50. The van der Waals surface area contributed by atoms with E-state index in [4.69, 9.17) is 0 Å². The summed E-state index contributed by atoms with van der Waals surface area (Å²) in [4.78, 5) is 11.7. The van der Waals surface area contributed by atoms with E-state index in [0.29, 0.717) is 0 Å². The van der Waals surface area contributed by atoms with E-state index < -0.39 is 0 Å². The van der Waals surface area contributed by atoms with Gasteiger partial charge in [0, 0.05) is 17.6 Å². The number of hydrogen-bond acceptors (Lipinski definition) is 4. The summed E-state index contributed by atoms with van der Waals surface area (Å²) in [7, 11) is 4.23. The number of rotatable bonds is 4. The van der Waals surface area contributed by atoms with Crippen LogP contribution in [0.2, 0.25) is 0 Å². The summed E-state index contributed by atoms with van der Waals surface area (Å²) >= 11 is 1.81. The van der Waals surface area contributed by atoms with Crippen molar-refractivity contribution in [3.05, 3.63) is 42.6 Å². The fraction of sp³-hybridized carbons (Fsp3) is 0.312. The van der Waals surface area contributed by atoms with Crippen LogP contribution in [0, 0.1) is 0 Å². The van der Waals surface area contributed by atoms with E-state index in [9.17, 15) is 0 Å². The Morgan fingerprint density at radius 1 is 1.14 bits per heavy atom. The van der Waals surface area contributed by atoms with Gasteiger partial charge in [-0.1, -0.05) is 23.9 Å². The lowest BCUT2D eigenvalue weighted by atomic mass is 10.2. The van der Waals surface area contributed by atoms with Crippen molar-refractivity contribution in [1.82, 2.24) is 9.88 Å². The Morgan fingerprint density at radius 3 is 2.71 bits per heavy atom. The summed E-state index contributed by atoms with van der Waals surface area (Å²) in [5.41, 5.74) is 1.28. The van der Waals surface area contributed by atoms with Crippen LogP contribution in [0.15, 0.2) is 52.4 Å². The molecule has 0 spiro atoms. The van der Waals surface area contributed by atoms with Crippen LogP contribution in [-0.2, 0) is 0 Å². The number of para-hydroxylation sites is 1. The number of hydrogen-bond donors (Lipinski definition) is 0. The summed E-state index contributed by atoms with van der Waals surface area (Å²) in [5, 5.41) is 0. The van der Waals surface area contributed by atoms with E-state index in [1.165, 1.54) is 15.5 Å². The molecule has 3 rings (SSSR count). The van der Waals surface area contributed by atoms with E-state index in [1.807, 2.05) is 24.0 Å². The maximum Gasteiger partial charge on any atom is 1.00 e. The number of fused-ring (bicyclic) bond motifs is 2. The van der Waals surface area contributed by atoms with Gasteiger partial charge >= 0.3 is 1.43 Å². The lowest BCUT2D eigenvalue weighted by molar-refractivity contribution is -0.00000413. The quantitative estimate of drug-likeness (QED) is 0.827. The minimum absolute atomic E-state index is 0. The van der Waals surface area contributed by atoms with Gasteiger partial charge in [-0.25, -0.2) is 4.98 Å². The lowest BCUT2D eigenvalue weighted by Gasteiger charge is -2.31. The van der Waals surface area contributed by atoms with Gasteiger partial charge in [0.05, 0.1) is 10.6 Å². The smallest absolute Gasteiger partial charge is 1.00 e. The van der Waals surface area contributed by atoms with Crippen molar-refractivity contribution in [1.29, 1.82) is 0 Å². The molecule has 0 unspecified atom stereocenters. The predicted molar refractivity (Wildman–Crippen MR) is 86.1 cm³/mol. The molecule has 1 aliphatic heterocycles. The molecule has 3 nitrogen and oxygen atoms in total. The first-order chi connectivity index (χ1) is 9.75. The van der Waals surface area contributed by atoms with Crippen LogP contribution in [0.5, 0.6) is 0 Å². The van der Waals surface area contributed by atoms with Crippen LogP contribution in [0.3, 0.4) is 0 Å². The first-order valence-corrected chi connectivity index (χ1v) is 7.71. The Bertz CT molecular complexity index is 564. The zero-order chi connectivity index (χ0) is 13.9. The molecule has 0 amide bonds. The van der Waals surface area contributed by atoms with Crippen molar-refractivity contribution in [2.24, 2.45) is 0 Å². The van der Waals surface area contributed by atoms with Crippen molar-refractivity contribution in [2.75, 3.05) is 32.1 Å². The average Bonchev–Trinajstić information content (AvgIpc) is 2.46. The van der Waals surface area contributed by atoms with Crippen molar-refractivity contribution < 1.29 is 13.8 Å². The highest BCUT2D eigenvalue weighted by Gasteiger charge is 2.23. The van der Waals surface area contributed by atoms with E-state index in [-0.39, 0.29) is 13.8 Å². The second-order valence-electron chi connectivity index (χ2n) is 5.20. The molecule has 0 saturated carbocycles. The molecule has 0 saturated heterocycles. The van der Waals surface area contributed by atoms with Crippen LogP contribution in [0.4, 0.5) is 11.5 Å². The van der Waals surface area contributed by atoms with Crippen molar-refractivity contribution >= 4 is 23.3 Å². The second-order valence-corrected chi connectivity index (χ2v) is 6.29. The molecule has 1 aromatic heterocycles. The predicted octanol–water partition coefficient (Wildman–Crippen LogP) is 0.752. The van der Waals surface area contributed by atoms with E-state index >= 15 is 0 Å². The lowest BCUT2D eigenvalue weighted by Crippen LogP contribution is -3.00. The van der Waals surface area contributed by atoms with E-state index in [0.717, 1.165) is 25.3 Å². The Kier molecular flexibility index (Phi) is 5.51. The third kappa shape index (κ3) is 3.51. The Hall–Kier alpha value is -1.23. The third-order valence-corrected chi connectivity index (χ3v) is 4.47. The van der Waals surface area contributed by atoms with Crippen molar-refractivity contribution in [2.45, 2.75) is 16.2 Å². The van der Waals surface area contributed by atoms with Gasteiger partial charge in [0.25, 0.3) is 0 Å². The van der Waals surface area contributed by atoms with Gasteiger partial charge in [0.1, 0.15) is 5.82 Å². The van der Waals surface area contributed by atoms with Gasteiger partial charge in [-0.3, -0.25) is 0 Å². The molecule has 1 aromatic carbocycles. The molecular formula is C16H20ClN3S. The minimum Gasteiger partial charge on any atom is -1.00 e.